The first kappa shape index (κ1) is 18.9. The number of carbonyl (C=O) groups is 2. The van der Waals surface area contributed by atoms with Crippen molar-refractivity contribution in [3.63, 3.8) is 0 Å². The van der Waals surface area contributed by atoms with E-state index in [-0.39, 0.29) is 11.8 Å². The van der Waals surface area contributed by atoms with Crippen LogP contribution in [0.4, 0.5) is 11.5 Å². The predicted octanol–water partition coefficient (Wildman–Crippen LogP) is 2.93. The topological polar surface area (TPSA) is 65.5 Å². The Morgan fingerprint density at radius 3 is 2.15 bits per heavy atom. The van der Waals surface area contributed by atoms with E-state index >= 15 is 0 Å². The zero-order chi connectivity index (χ0) is 19.6. The molecule has 6 heteroatoms. The third kappa shape index (κ3) is 4.27. The lowest BCUT2D eigenvalue weighted by atomic mass is 10.0. The van der Waals surface area contributed by atoms with Crippen LogP contribution in [-0.2, 0) is 4.79 Å². The molecule has 6 nitrogen and oxygen atoms in total. The highest BCUT2D eigenvalue weighted by atomic mass is 16.2. The third-order valence-corrected chi connectivity index (χ3v) is 4.97. The van der Waals surface area contributed by atoms with Crippen LogP contribution in [0.1, 0.15) is 34.0 Å². The van der Waals surface area contributed by atoms with Crippen LogP contribution in [-0.4, -0.2) is 47.9 Å². The number of aryl methyl sites for hydroxylation is 3. The quantitative estimate of drug-likeness (QED) is 0.907. The molecular weight excluding hydrogens is 340 g/mol. The Balaban J connectivity index is 1.67. The molecule has 1 aliphatic rings. The average molecular weight is 366 g/mol. The SMILES string of the molecule is CC(=O)N1CCN(c2ccc(C(=O)Nc3c(C)cc(C)cc3C)cn2)CC1. The largest absolute Gasteiger partial charge is 0.353 e. The molecule has 1 fully saturated rings. The normalized spacial score (nSPS) is 14.2. The minimum Gasteiger partial charge on any atom is -0.353 e. The van der Waals surface area contributed by atoms with Gasteiger partial charge in [0.15, 0.2) is 0 Å². The number of pyridine rings is 1. The Bertz CT molecular complexity index is 830. The molecule has 0 unspecified atom stereocenters. The van der Waals surface area contributed by atoms with Gasteiger partial charge in [-0.25, -0.2) is 4.98 Å². The molecule has 2 aromatic rings. The average Bonchev–Trinajstić information content (AvgIpc) is 2.64. The number of benzene rings is 1. The van der Waals surface area contributed by atoms with Gasteiger partial charge in [0.2, 0.25) is 5.91 Å². The standard InChI is InChI=1S/C21H26N4O2/c1-14-11-15(2)20(16(3)12-14)23-21(27)18-5-6-19(22-13-18)25-9-7-24(8-10-25)17(4)26/h5-6,11-13H,7-10H2,1-4H3,(H,23,27). The first-order chi connectivity index (χ1) is 12.8. The summed E-state index contributed by atoms with van der Waals surface area (Å²) in [5, 5.41) is 3.00. The van der Waals surface area contributed by atoms with Gasteiger partial charge in [0.05, 0.1) is 5.56 Å². The molecule has 0 bridgehead atoms. The number of aromatic nitrogens is 1. The fourth-order valence-electron chi connectivity index (χ4n) is 3.52. The first-order valence-electron chi connectivity index (χ1n) is 9.21. The van der Waals surface area contributed by atoms with E-state index < -0.39 is 0 Å². The van der Waals surface area contributed by atoms with Crippen LogP contribution in [0.15, 0.2) is 30.5 Å². The summed E-state index contributed by atoms with van der Waals surface area (Å²) in [5.41, 5.74) is 4.66. The van der Waals surface area contributed by atoms with Gasteiger partial charge in [0.25, 0.3) is 5.91 Å². The molecule has 1 aliphatic heterocycles. The molecule has 1 aromatic carbocycles. The smallest absolute Gasteiger partial charge is 0.257 e. The summed E-state index contributed by atoms with van der Waals surface area (Å²) in [6, 6.07) is 7.79. The van der Waals surface area contributed by atoms with Crippen molar-refractivity contribution in [1.29, 1.82) is 0 Å². The highest BCUT2D eigenvalue weighted by Gasteiger charge is 2.20. The van der Waals surface area contributed by atoms with E-state index in [0.29, 0.717) is 18.7 Å². The summed E-state index contributed by atoms with van der Waals surface area (Å²) >= 11 is 0. The Hall–Kier alpha value is -2.89. The molecule has 0 atom stereocenters. The molecule has 1 aromatic heterocycles. The second-order valence-electron chi connectivity index (χ2n) is 7.13. The van der Waals surface area contributed by atoms with Crippen molar-refractivity contribution in [1.82, 2.24) is 9.88 Å². The van der Waals surface area contributed by atoms with Gasteiger partial charge in [-0.15, -0.1) is 0 Å². The van der Waals surface area contributed by atoms with E-state index in [4.69, 9.17) is 0 Å². The molecule has 0 saturated carbocycles. The Labute approximate surface area is 160 Å². The Kier molecular flexibility index (Phi) is 5.44. The third-order valence-electron chi connectivity index (χ3n) is 4.97. The fraction of sp³-hybridized carbons (Fsp3) is 0.381. The number of hydrogen-bond acceptors (Lipinski definition) is 4. The van der Waals surface area contributed by atoms with Crippen molar-refractivity contribution in [3.8, 4) is 0 Å². The first-order valence-corrected chi connectivity index (χ1v) is 9.21. The Morgan fingerprint density at radius 1 is 1.00 bits per heavy atom. The number of piperazine rings is 1. The minimum absolute atomic E-state index is 0.108. The summed E-state index contributed by atoms with van der Waals surface area (Å²) in [6.45, 7) is 10.5. The zero-order valence-corrected chi connectivity index (χ0v) is 16.4. The van der Waals surface area contributed by atoms with Crippen LogP contribution in [0.5, 0.6) is 0 Å². The van der Waals surface area contributed by atoms with Gasteiger partial charge in [-0.2, -0.15) is 0 Å². The number of carbonyl (C=O) groups excluding carboxylic acids is 2. The molecule has 1 N–H and O–H groups in total. The molecule has 2 heterocycles. The molecule has 0 aliphatic carbocycles. The van der Waals surface area contributed by atoms with E-state index in [9.17, 15) is 9.59 Å². The van der Waals surface area contributed by atoms with E-state index in [2.05, 4.69) is 27.3 Å². The maximum Gasteiger partial charge on any atom is 0.257 e. The summed E-state index contributed by atoms with van der Waals surface area (Å²) in [7, 11) is 0. The molecular formula is C21H26N4O2. The highest BCUT2D eigenvalue weighted by Crippen LogP contribution is 2.23. The molecule has 3 rings (SSSR count). The monoisotopic (exact) mass is 366 g/mol. The second-order valence-corrected chi connectivity index (χ2v) is 7.13. The van der Waals surface area contributed by atoms with Crippen LogP contribution in [0.2, 0.25) is 0 Å². The highest BCUT2D eigenvalue weighted by molar-refractivity contribution is 6.05. The second kappa shape index (κ2) is 7.78. The van der Waals surface area contributed by atoms with Gasteiger partial charge < -0.3 is 15.1 Å². The van der Waals surface area contributed by atoms with Gasteiger partial charge >= 0.3 is 0 Å². The van der Waals surface area contributed by atoms with Gasteiger partial charge in [-0.05, 0) is 44.0 Å². The number of nitrogens with zero attached hydrogens (tertiary/aromatic N) is 3. The lowest BCUT2D eigenvalue weighted by Crippen LogP contribution is -2.48. The maximum atomic E-state index is 12.6. The molecule has 0 radical (unpaired) electrons. The van der Waals surface area contributed by atoms with Gasteiger partial charge in [-0.3, -0.25) is 9.59 Å². The van der Waals surface area contributed by atoms with Crippen molar-refractivity contribution in [2.24, 2.45) is 0 Å². The minimum atomic E-state index is -0.162. The van der Waals surface area contributed by atoms with Crippen LogP contribution in [0.3, 0.4) is 0 Å². The number of anilines is 2. The van der Waals surface area contributed by atoms with Crippen LogP contribution in [0.25, 0.3) is 0 Å². The molecule has 2 amide bonds. The number of nitrogens with one attached hydrogen (secondary N) is 1. The lowest BCUT2D eigenvalue weighted by Gasteiger charge is -2.34. The number of rotatable bonds is 3. The van der Waals surface area contributed by atoms with Gasteiger partial charge in [-0.1, -0.05) is 17.7 Å². The molecule has 27 heavy (non-hydrogen) atoms. The van der Waals surface area contributed by atoms with Crippen molar-refractivity contribution in [2.45, 2.75) is 27.7 Å². The molecule has 0 spiro atoms. The number of amides is 2. The van der Waals surface area contributed by atoms with Crippen LogP contribution < -0.4 is 10.2 Å². The van der Waals surface area contributed by atoms with E-state index in [1.165, 1.54) is 5.56 Å². The van der Waals surface area contributed by atoms with E-state index in [0.717, 1.165) is 35.7 Å². The van der Waals surface area contributed by atoms with Crippen LogP contribution in [0, 0.1) is 20.8 Å². The fourth-order valence-corrected chi connectivity index (χ4v) is 3.52. The van der Waals surface area contributed by atoms with Crippen molar-refractivity contribution >= 4 is 23.3 Å². The van der Waals surface area contributed by atoms with Gasteiger partial charge in [0, 0.05) is 45.0 Å². The van der Waals surface area contributed by atoms with Crippen molar-refractivity contribution in [3.05, 3.63) is 52.7 Å². The molecule has 1 saturated heterocycles. The van der Waals surface area contributed by atoms with Gasteiger partial charge in [0.1, 0.15) is 5.82 Å². The number of hydrogen-bond donors (Lipinski definition) is 1. The van der Waals surface area contributed by atoms with E-state index in [1.807, 2.05) is 31.7 Å². The maximum absolute atomic E-state index is 12.6. The zero-order valence-electron chi connectivity index (χ0n) is 16.4. The van der Waals surface area contributed by atoms with Crippen molar-refractivity contribution in [2.75, 3.05) is 36.4 Å². The summed E-state index contributed by atoms with van der Waals surface area (Å²) in [5.74, 6) is 0.777. The lowest BCUT2D eigenvalue weighted by molar-refractivity contribution is -0.129. The summed E-state index contributed by atoms with van der Waals surface area (Å²) in [6.07, 6.45) is 1.61. The summed E-state index contributed by atoms with van der Waals surface area (Å²) in [4.78, 5) is 32.5. The van der Waals surface area contributed by atoms with Crippen molar-refractivity contribution < 1.29 is 9.59 Å². The van der Waals surface area contributed by atoms with Crippen LogP contribution >= 0.6 is 0 Å². The Morgan fingerprint density at radius 2 is 1.63 bits per heavy atom. The molecule has 142 valence electrons. The summed E-state index contributed by atoms with van der Waals surface area (Å²) < 4.78 is 0. The van der Waals surface area contributed by atoms with E-state index in [1.54, 1.807) is 19.2 Å². The predicted molar refractivity (Wildman–Crippen MR) is 107 cm³/mol.